The van der Waals surface area contributed by atoms with Crippen molar-refractivity contribution in [2.45, 2.75) is 6.67 Å². The normalized spacial score (nSPS) is 10.3. The number of benzene rings is 2. The van der Waals surface area contributed by atoms with E-state index >= 15 is 0 Å². The van der Waals surface area contributed by atoms with E-state index in [1.54, 1.807) is 30.3 Å². The minimum absolute atomic E-state index is 0.476. The first-order valence-electron chi connectivity index (χ1n) is 5.01. The van der Waals surface area contributed by atoms with Crippen molar-refractivity contribution in [1.82, 2.24) is 0 Å². The summed E-state index contributed by atoms with van der Waals surface area (Å²) >= 11 is 0. The Morgan fingerprint density at radius 1 is 1.00 bits per heavy atom. The monoisotopic (exact) mass is 216 g/mol. The maximum atomic E-state index is 12.5. The van der Waals surface area contributed by atoms with E-state index in [0.717, 1.165) is 11.1 Å². The van der Waals surface area contributed by atoms with E-state index in [9.17, 15) is 4.39 Å². The molecule has 0 saturated heterocycles. The van der Waals surface area contributed by atoms with Gasteiger partial charge in [-0.1, -0.05) is 18.2 Å². The summed E-state index contributed by atoms with van der Waals surface area (Å²) in [5.74, 6) is 0. The van der Waals surface area contributed by atoms with Crippen LogP contribution in [-0.4, -0.2) is 0 Å². The van der Waals surface area contributed by atoms with Crippen LogP contribution in [-0.2, 0) is 6.67 Å². The van der Waals surface area contributed by atoms with Crippen LogP contribution < -0.4 is 11.5 Å². The first kappa shape index (κ1) is 10.5. The second-order valence-electron chi connectivity index (χ2n) is 3.68. The molecule has 0 bridgehead atoms. The van der Waals surface area contributed by atoms with Gasteiger partial charge in [0.05, 0.1) is 0 Å². The van der Waals surface area contributed by atoms with Crippen LogP contribution >= 0.6 is 0 Å². The summed E-state index contributed by atoms with van der Waals surface area (Å²) in [7, 11) is 0. The lowest BCUT2D eigenvalue weighted by atomic mass is 10.0. The van der Waals surface area contributed by atoms with Gasteiger partial charge < -0.3 is 11.5 Å². The lowest BCUT2D eigenvalue weighted by molar-refractivity contribution is 0.485. The van der Waals surface area contributed by atoms with Gasteiger partial charge in [-0.3, -0.25) is 0 Å². The Morgan fingerprint density at radius 3 is 2.56 bits per heavy atom. The second kappa shape index (κ2) is 4.23. The summed E-state index contributed by atoms with van der Waals surface area (Å²) in [6.45, 7) is -0.476. The Labute approximate surface area is 93.7 Å². The fourth-order valence-corrected chi connectivity index (χ4v) is 1.65. The molecule has 0 aliphatic rings. The largest absolute Gasteiger partial charge is 0.399 e. The highest BCUT2D eigenvalue weighted by atomic mass is 19.1. The highest BCUT2D eigenvalue weighted by molar-refractivity contribution is 5.79. The SMILES string of the molecule is Nc1ccc(N)c(-c2cccc(CF)c2)c1. The quantitative estimate of drug-likeness (QED) is 0.758. The first-order valence-corrected chi connectivity index (χ1v) is 5.01. The molecule has 16 heavy (non-hydrogen) atoms. The number of alkyl halides is 1. The Bertz CT molecular complexity index is 509. The zero-order valence-corrected chi connectivity index (χ0v) is 8.78. The average Bonchev–Trinajstić information content (AvgIpc) is 2.32. The third-order valence-electron chi connectivity index (χ3n) is 2.47. The van der Waals surface area contributed by atoms with E-state index in [1.165, 1.54) is 0 Å². The van der Waals surface area contributed by atoms with Crippen molar-refractivity contribution in [2.24, 2.45) is 0 Å². The molecule has 2 aromatic carbocycles. The van der Waals surface area contributed by atoms with E-state index in [1.807, 2.05) is 12.1 Å². The van der Waals surface area contributed by atoms with Crippen molar-refractivity contribution in [1.29, 1.82) is 0 Å². The number of nitrogen functional groups attached to an aromatic ring is 2. The molecule has 4 N–H and O–H groups in total. The maximum absolute atomic E-state index is 12.5. The highest BCUT2D eigenvalue weighted by Gasteiger charge is 2.03. The topological polar surface area (TPSA) is 52.0 Å². The van der Waals surface area contributed by atoms with Crippen molar-refractivity contribution in [3.8, 4) is 11.1 Å². The summed E-state index contributed by atoms with van der Waals surface area (Å²) < 4.78 is 12.5. The molecule has 0 saturated carbocycles. The predicted octanol–water partition coefficient (Wildman–Crippen LogP) is 2.99. The van der Waals surface area contributed by atoms with Gasteiger partial charge in [0.15, 0.2) is 0 Å². The van der Waals surface area contributed by atoms with Crippen molar-refractivity contribution >= 4 is 11.4 Å². The van der Waals surface area contributed by atoms with Gasteiger partial charge in [0, 0.05) is 16.9 Å². The Morgan fingerprint density at radius 2 is 1.81 bits per heavy atom. The molecule has 0 aromatic heterocycles. The number of nitrogens with two attached hydrogens (primary N) is 2. The third-order valence-corrected chi connectivity index (χ3v) is 2.47. The highest BCUT2D eigenvalue weighted by Crippen LogP contribution is 2.28. The molecule has 2 nitrogen and oxygen atoms in total. The summed E-state index contributed by atoms with van der Waals surface area (Å²) in [5.41, 5.74) is 15.2. The van der Waals surface area contributed by atoms with Gasteiger partial charge in [0.2, 0.25) is 0 Å². The molecule has 0 aliphatic carbocycles. The Kier molecular flexibility index (Phi) is 2.77. The van der Waals surface area contributed by atoms with Gasteiger partial charge in [-0.15, -0.1) is 0 Å². The fourth-order valence-electron chi connectivity index (χ4n) is 1.65. The van der Waals surface area contributed by atoms with E-state index < -0.39 is 6.67 Å². The van der Waals surface area contributed by atoms with E-state index in [-0.39, 0.29) is 0 Å². The number of rotatable bonds is 2. The van der Waals surface area contributed by atoms with Gasteiger partial charge >= 0.3 is 0 Å². The zero-order chi connectivity index (χ0) is 11.5. The standard InChI is InChI=1S/C13H13FN2/c14-8-9-2-1-3-10(6-9)12-7-11(15)4-5-13(12)16/h1-7H,8,15-16H2. The van der Waals surface area contributed by atoms with Crippen molar-refractivity contribution < 1.29 is 4.39 Å². The molecular weight excluding hydrogens is 203 g/mol. The van der Waals surface area contributed by atoms with Crippen LogP contribution in [0, 0.1) is 0 Å². The molecule has 0 unspecified atom stereocenters. The van der Waals surface area contributed by atoms with Crippen LogP contribution in [0.2, 0.25) is 0 Å². The lowest BCUT2D eigenvalue weighted by Crippen LogP contribution is -1.93. The molecule has 0 radical (unpaired) electrons. The molecule has 0 fully saturated rings. The summed E-state index contributed by atoms with van der Waals surface area (Å²) in [4.78, 5) is 0. The van der Waals surface area contributed by atoms with Gasteiger partial charge in [0.1, 0.15) is 6.67 Å². The van der Waals surface area contributed by atoms with Crippen LogP contribution in [0.3, 0.4) is 0 Å². The molecular formula is C13H13FN2. The summed E-state index contributed by atoms with van der Waals surface area (Å²) in [6, 6.07) is 12.5. The third kappa shape index (κ3) is 1.98. The number of halogens is 1. The van der Waals surface area contributed by atoms with E-state index in [0.29, 0.717) is 16.9 Å². The average molecular weight is 216 g/mol. The van der Waals surface area contributed by atoms with Crippen LogP contribution in [0.1, 0.15) is 5.56 Å². The van der Waals surface area contributed by atoms with Crippen molar-refractivity contribution in [3.63, 3.8) is 0 Å². The fraction of sp³-hybridized carbons (Fsp3) is 0.0769. The first-order chi connectivity index (χ1) is 7.70. The second-order valence-corrected chi connectivity index (χ2v) is 3.68. The summed E-state index contributed by atoms with van der Waals surface area (Å²) in [6.07, 6.45) is 0. The van der Waals surface area contributed by atoms with Crippen molar-refractivity contribution in [2.75, 3.05) is 11.5 Å². The summed E-state index contributed by atoms with van der Waals surface area (Å²) in [5, 5.41) is 0. The van der Waals surface area contributed by atoms with Crippen LogP contribution in [0.15, 0.2) is 42.5 Å². The molecule has 0 atom stereocenters. The maximum Gasteiger partial charge on any atom is 0.115 e. The smallest absolute Gasteiger partial charge is 0.115 e. The molecule has 0 amide bonds. The minimum atomic E-state index is -0.476. The molecule has 2 rings (SSSR count). The van der Waals surface area contributed by atoms with Gasteiger partial charge in [-0.25, -0.2) is 4.39 Å². The molecule has 2 aromatic rings. The van der Waals surface area contributed by atoms with E-state index in [4.69, 9.17) is 11.5 Å². The van der Waals surface area contributed by atoms with Crippen LogP contribution in [0.25, 0.3) is 11.1 Å². The number of anilines is 2. The van der Waals surface area contributed by atoms with Gasteiger partial charge in [0.25, 0.3) is 0 Å². The predicted molar refractivity (Wildman–Crippen MR) is 65.5 cm³/mol. The Balaban J connectivity index is 2.53. The van der Waals surface area contributed by atoms with Gasteiger partial charge in [-0.2, -0.15) is 0 Å². The molecule has 3 heteroatoms. The molecule has 0 heterocycles. The van der Waals surface area contributed by atoms with E-state index in [2.05, 4.69) is 0 Å². The lowest BCUT2D eigenvalue weighted by Gasteiger charge is -2.07. The van der Waals surface area contributed by atoms with Crippen LogP contribution in [0.5, 0.6) is 0 Å². The Hall–Kier alpha value is -2.03. The molecule has 0 aliphatic heterocycles. The van der Waals surface area contributed by atoms with Gasteiger partial charge in [-0.05, 0) is 35.4 Å². The molecule has 0 spiro atoms. The minimum Gasteiger partial charge on any atom is -0.399 e. The zero-order valence-electron chi connectivity index (χ0n) is 8.78. The molecule has 82 valence electrons. The number of hydrogen-bond acceptors (Lipinski definition) is 2. The van der Waals surface area contributed by atoms with Crippen LogP contribution in [0.4, 0.5) is 15.8 Å². The number of hydrogen-bond donors (Lipinski definition) is 2. The van der Waals surface area contributed by atoms with Crippen molar-refractivity contribution in [3.05, 3.63) is 48.0 Å².